The maximum atomic E-state index is 11.4. The van der Waals surface area contributed by atoms with E-state index in [2.05, 4.69) is 16.2 Å². The number of halogens is 1. The zero-order valence-corrected chi connectivity index (χ0v) is 8.59. The Balaban J connectivity index is 0.000000980. The van der Waals surface area contributed by atoms with Gasteiger partial charge in [-0.3, -0.25) is 5.43 Å². The van der Waals surface area contributed by atoms with Crippen LogP contribution in [0.3, 0.4) is 0 Å². The van der Waals surface area contributed by atoms with Gasteiger partial charge < -0.3 is 15.1 Å². The van der Waals surface area contributed by atoms with Crippen LogP contribution in [0.5, 0.6) is 0 Å². The van der Waals surface area contributed by atoms with Gasteiger partial charge >= 0.3 is 12.1 Å². The van der Waals surface area contributed by atoms with Crippen molar-refractivity contribution >= 4 is 24.5 Å². The van der Waals surface area contributed by atoms with Gasteiger partial charge in [-0.05, 0) is 0 Å². The van der Waals surface area contributed by atoms with E-state index in [0.717, 1.165) is 0 Å². The average molecular weight is 222 g/mol. The molecular weight excluding hydrogens is 210 g/mol. The summed E-state index contributed by atoms with van der Waals surface area (Å²) in [5, 5.41) is 2.64. The van der Waals surface area contributed by atoms with Crippen molar-refractivity contribution in [1.82, 2.24) is 26.0 Å². The number of fused-ring (bicyclic) bond motifs is 1. The molecule has 2 saturated heterocycles. The molecule has 2 aliphatic heterocycles. The topological polar surface area (TPSA) is 76.7 Å². The molecule has 0 aromatic rings. The molecule has 4 amide bonds. The minimum atomic E-state index is -0.323. The lowest BCUT2D eigenvalue weighted by Gasteiger charge is -2.31. The molecule has 2 heterocycles. The highest BCUT2D eigenvalue weighted by Crippen LogP contribution is 2.16. The van der Waals surface area contributed by atoms with E-state index in [1.807, 2.05) is 0 Å². The van der Waals surface area contributed by atoms with Crippen molar-refractivity contribution in [2.24, 2.45) is 0 Å². The van der Waals surface area contributed by atoms with Crippen molar-refractivity contribution in [3.8, 4) is 0 Å². The van der Waals surface area contributed by atoms with E-state index in [9.17, 15) is 9.59 Å². The first kappa shape index (κ1) is 10.9. The molecule has 2 rings (SSSR count). The SMILES string of the molecule is CN1C(=O)N(C)C2NC(=O)NNC21.Cl. The second-order valence-corrected chi connectivity index (χ2v) is 3.14. The lowest BCUT2D eigenvalue weighted by molar-refractivity contribution is 0.159. The summed E-state index contributed by atoms with van der Waals surface area (Å²) >= 11 is 0. The van der Waals surface area contributed by atoms with E-state index >= 15 is 0 Å². The van der Waals surface area contributed by atoms with Crippen molar-refractivity contribution < 1.29 is 9.59 Å². The van der Waals surface area contributed by atoms with E-state index in [4.69, 9.17) is 0 Å². The summed E-state index contributed by atoms with van der Waals surface area (Å²) in [6.07, 6.45) is -0.513. The fraction of sp³-hybridized carbons (Fsp3) is 0.667. The van der Waals surface area contributed by atoms with Crippen molar-refractivity contribution in [3.05, 3.63) is 0 Å². The number of likely N-dealkylation sites (N-methyl/N-ethyl adjacent to an activating group) is 2. The molecule has 2 fully saturated rings. The summed E-state index contributed by atoms with van der Waals surface area (Å²) in [5.74, 6) is 0. The lowest BCUT2D eigenvalue weighted by Crippen LogP contribution is -2.67. The summed E-state index contributed by atoms with van der Waals surface area (Å²) in [7, 11) is 3.33. The molecule has 0 radical (unpaired) electrons. The monoisotopic (exact) mass is 221 g/mol. The van der Waals surface area contributed by atoms with Crippen molar-refractivity contribution in [1.29, 1.82) is 0 Å². The molecule has 3 N–H and O–H groups in total. The Bertz CT molecular complexity index is 273. The van der Waals surface area contributed by atoms with Gasteiger partial charge in [-0.1, -0.05) is 0 Å². The molecule has 0 saturated carbocycles. The third-order valence-corrected chi connectivity index (χ3v) is 2.35. The van der Waals surface area contributed by atoms with Crippen LogP contribution in [0.15, 0.2) is 0 Å². The number of hydrogen-bond acceptors (Lipinski definition) is 3. The van der Waals surface area contributed by atoms with Crippen LogP contribution in [0.25, 0.3) is 0 Å². The largest absolute Gasteiger partial charge is 0.330 e. The van der Waals surface area contributed by atoms with Gasteiger partial charge in [0.15, 0.2) is 0 Å². The molecule has 0 aromatic heterocycles. The minimum Gasteiger partial charge on any atom is -0.313 e. The van der Waals surface area contributed by atoms with E-state index < -0.39 is 0 Å². The molecule has 2 atom stereocenters. The van der Waals surface area contributed by atoms with Crippen LogP contribution >= 0.6 is 12.4 Å². The maximum Gasteiger partial charge on any atom is 0.330 e. The predicted octanol–water partition coefficient (Wildman–Crippen LogP) is -1.12. The number of urea groups is 2. The van der Waals surface area contributed by atoms with Gasteiger partial charge in [-0.25, -0.2) is 15.0 Å². The lowest BCUT2D eigenvalue weighted by atomic mass is 10.3. The van der Waals surface area contributed by atoms with Gasteiger partial charge in [0.1, 0.15) is 12.3 Å². The Labute approximate surface area is 87.2 Å². The van der Waals surface area contributed by atoms with E-state index in [0.29, 0.717) is 0 Å². The maximum absolute atomic E-state index is 11.4. The second kappa shape index (κ2) is 3.50. The van der Waals surface area contributed by atoms with Gasteiger partial charge in [-0.15, -0.1) is 12.4 Å². The molecule has 14 heavy (non-hydrogen) atoms. The van der Waals surface area contributed by atoms with E-state index in [1.165, 1.54) is 9.80 Å². The highest BCUT2D eigenvalue weighted by molar-refractivity contribution is 5.85. The minimum absolute atomic E-state index is 0. The van der Waals surface area contributed by atoms with Crippen LogP contribution in [-0.4, -0.2) is 48.3 Å². The zero-order valence-electron chi connectivity index (χ0n) is 7.77. The first-order valence-electron chi connectivity index (χ1n) is 3.93. The normalized spacial score (nSPS) is 30.4. The number of rotatable bonds is 0. The van der Waals surface area contributed by atoms with Crippen LogP contribution in [0.4, 0.5) is 9.59 Å². The Hall–Kier alpha value is -1.21. The Kier molecular flexibility index (Phi) is 2.72. The molecule has 0 spiro atoms. The zero-order chi connectivity index (χ0) is 9.59. The number of nitrogens with zero attached hydrogens (tertiary/aromatic N) is 2. The summed E-state index contributed by atoms with van der Waals surface area (Å²) in [6, 6.07) is -0.442. The van der Waals surface area contributed by atoms with Crippen LogP contribution in [0.2, 0.25) is 0 Å². The molecule has 8 heteroatoms. The number of carbonyl (C=O) groups excluding carboxylic acids is 2. The Morgan fingerprint density at radius 1 is 1.14 bits per heavy atom. The average Bonchev–Trinajstić information content (AvgIpc) is 2.32. The van der Waals surface area contributed by atoms with Gasteiger partial charge in [0.25, 0.3) is 0 Å². The third-order valence-electron chi connectivity index (χ3n) is 2.35. The molecule has 2 aliphatic rings. The van der Waals surface area contributed by atoms with Crippen LogP contribution in [0.1, 0.15) is 0 Å². The summed E-state index contributed by atoms with van der Waals surface area (Å²) < 4.78 is 0. The van der Waals surface area contributed by atoms with Gasteiger partial charge in [0.2, 0.25) is 0 Å². The number of hydrazine groups is 1. The summed E-state index contributed by atoms with van der Waals surface area (Å²) in [4.78, 5) is 25.3. The highest BCUT2D eigenvalue weighted by atomic mass is 35.5. The van der Waals surface area contributed by atoms with E-state index in [-0.39, 0.29) is 36.8 Å². The number of nitrogens with one attached hydrogen (secondary N) is 3. The summed E-state index contributed by atoms with van der Waals surface area (Å²) in [6.45, 7) is 0. The van der Waals surface area contributed by atoms with E-state index in [1.54, 1.807) is 14.1 Å². The Morgan fingerprint density at radius 2 is 1.71 bits per heavy atom. The van der Waals surface area contributed by atoms with Crippen molar-refractivity contribution in [2.45, 2.75) is 12.3 Å². The predicted molar refractivity (Wildman–Crippen MR) is 50.5 cm³/mol. The fourth-order valence-corrected chi connectivity index (χ4v) is 1.57. The van der Waals surface area contributed by atoms with Gasteiger partial charge in [-0.2, -0.15) is 0 Å². The van der Waals surface area contributed by atoms with Gasteiger partial charge in [0.05, 0.1) is 0 Å². The molecule has 80 valence electrons. The van der Waals surface area contributed by atoms with Crippen LogP contribution in [-0.2, 0) is 0 Å². The Morgan fingerprint density at radius 3 is 2.36 bits per heavy atom. The quantitative estimate of drug-likeness (QED) is 0.485. The molecule has 0 bridgehead atoms. The first-order valence-corrected chi connectivity index (χ1v) is 3.93. The molecule has 2 unspecified atom stereocenters. The van der Waals surface area contributed by atoms with Gasteiger partial charge in [0, 0.05) is 14.1 Å². The van der Waals surface area contributed by atoms with Crippen molar-refractivity contribution in [3.63, 3.8) is 0 Å². The molecular formula is C6H12ClN5O2. The van der Waals surface area contributed by atoms with Crippen LogP contribution in [0, 0.1) is 0 Å². The highest BCUT2D eigenvalue weighted by Gasteiger charge is 2.44. The molecule has 0 aliphatic carbocycles. The van der Waals surface area contributed by atoms with Crippen LogP contribution < -0.4 is 16.2 Å². The molecule has 0 aromatic carbocycles. The molecule has 7 nitrogen and oxygen atoms in total. The fourth-order valence-electron chi connectivity index (χ4n) is 1.57. The number of amides is 4. The van der Waals surface area contributed by atoms with Crippen molar-refractivity contribution in [2.75, 3.05) is 14.1 Å². The smallest absolute Gasteiger partial charge is 0.313 e. The first-order chi connectivity index (χ1) is 6.11. The third kappa shape index (κ3) is 1.34. The number of hydrogen-bond donors (Lipinski definition) is 3. The standard InChI is InChI=1S/C6H11N5O2.ClH/c1-10-3-4(11(2)6(10)13)8-9-5(12)7-3;/h3-4,8H,1-2H3,(H2,7,9,12);1H. The number of carbonyl (C=O) groups is 2. The summed E-state index contributed by atoms with van der Waals surface area (Å²) in [5.41, 5.74) is 5.15. The second-order valence-electron chi connectivity index (χ2n) is 3.14.